The molecule has 6 heteroatoms. The molecule has 2 rings (SSSR count). The Hall–Kier alpha value is -1.95. The summed E-state index contributed by atoms with van der Waals surface area (Å²) in [6.45, 7) is 0.184. The van der Waals surface area contributed by atoms with E-state index in [2.05, 4.69) is 20.8 Å². The van der Waals surface area contributed by atoms with Crippen LogP contribution >= 0.6 is 0 Å². The molecule has 0 unspecified atom stereocenters. The van der Waals surface area contributed by atoms with Crippen LogP contribution in [-0.4, -0.2) is 29.7 Å². The summed E-state index contributed by atoms with van der Waals surface area (Å²) in [5.74, 6) is -0.243. The molecule has 1 aromatic carbocycles. The number of nitrogens with one attached hydrogen (secondary N) is 3. The van der Waals surface area contributed by atoms with Crippen LogP contribution in [-0.2, 0) is 4.79 Å². The fourth-order valence-electron chi connectivity index (χ4n) is 1.42. The topological polar surface area (TPSA) is 69.8 Å². The molecule has 0 saturated heterocycles. The molecular weight excluding hydrogens is 211 g/mol. The van der Waals surface area contributed by atoms with Crippen molar-refractivity contribution < 1.29 is 9.18 Å². The van der Waals surface area contributed by atoms with E-state index in [1.54, 1.807) is 13.1 Å². The average molecular weight is 222 g/mol. The van der Waals surface area contributed by atoms with Gasteiger partial charge in [0.25, 0.3) is 0 Å². The quantitative estimate of drug-likeness (QED) is 0.721. The molecule has 0 aliphatic heterocycles. The number of H-pyrrole nitrogens is 1. The predicted molar refractivity (Wildman–Crippen MR) is 58.6 cm³/mol. The van der Waals surface area contributed by atoms with Crippen molar-refractivity contribution in [1.29, 1.82) is 0 Å². The lowest BCUT2D eigenvalue weighted by atomic mass is 10.2. The number of halogens is 1. The van der Waals surface area contributed by atoms with Crippen molar-refractivity contribution in [2.75, 3.05) is 18.9 Å². The van der Waals surface area contributed by atoms with Crippen LogP contribution in [0.2, 0.25) is 0 Å². The number of amides is 1. The summed E-state index contributed by atoms with van der Waals surface area (Å²) >= 11 is 0. The highest BCUT2D eigenvalue weighted by atomic mass is 19.1. The lowest BCUT2D eigenvalue weighted by molar-refractivity contribution is -0.115. The molecule has 5 nitrogen and oxygen atoms in total. The number of benzene rings is 1. The van der Waals surface area contributed by atoms with Crippen molar-refractivity contribution in [2.45, 2.75) is 0 Å². The van der Waals surface area contributed by atoms with E-state index in [0.29, 0.717) is 16.7 Å². The molecule has 1 heterocycles. The fraction of sp³-hybridized carbons (Fsp3) is 0.200. The molecule has 1 amide bonds. The van der Waals surface area contributed by atoms with Crippen LogP contribution in [0, 0.1) is 5.82 Å². The molecular formula is C10H11FN4O. The van der Waals surface area contributed by atoms with E-state index in [1.165, 1.54) is 12.1 Å². The highest BCUT2D eigenvalue weighted by Crippen LogP contribution is 2.20. The molecule has 2 aromatic rings. The van der Waals surface area contributed by atoms with Crippen molar-refractivity contribution in [3.8, 4) is 0 Å². The second-order valence-corrected chi connectivity index (χ2v) is 3.34. The van der Waals surface area contributed by atoms with Crippen molar-refractivity contribution in [2.24, 2.45) is 0 Å². The summed E-state index contributed by atoms with van der Waals surface area (Å²) in [6, 6.07) is 4.24. The fourth-order valence-corrected chi connectivity index (χ4v) is 1.42. The third-order valence-corrected chi connectivity index (χ3v) is 2.12. The zero-order chi connectivity index (χ0) is 11.5. The second kappa shape index (κ2) is 4.28. The molecule has 0 saturated carbocycles. The normalized spacial score (nSPS) is 10.6. The Kier molecular flexibility index (Phi) is 2.82. The zero-order valence-corrected chi connectivity index (χ0v) is 8.67. The van der Waals surface area contributed by atoms with Gasteiger partial charge in [-0.15, -0.1) is 0 Å². The Morgan fingerprint density at radius 1 is 1.56 bits per heavy atom. The van der Waals surface area contributed by atoms with Gasteiger partial charge in [-0.3, -0.25) is 9.89 Å². The molecule has 0 aliphatic rings. The number of anilines is 1. The number of hydrogen-bond donors (Lipinski definition) is 3. The summed E-state index contributed by atoms with van der Waals surface area (Å²) in [4.78, 5) is 11.3. The third kappa shape index (κ3) is 2.01. The van der Waals surface area contributed by atoms with Crippen molar-refractivity contribution >= 4 is 22.6 Å². The minimum absolute atomic E-state index is 0.184. The number of aromatic amines is 1. The summed E-state index contributed by atoms with van der Waals surface area (Å²) in [6.07, 6.45) is 0. The summed E-state index contributed by atoms with van der Waals surface area (Å²) in [7, 11) is 1.67. The Morgan fingerprint density at radius 3 is 3.12 bits per heavy atom. The standard InChI is InChI=1S/C10H11FN4O/c1-12-5-9(16)13-10-7-4-6(11)2-3-8(7)14-15-10/h2-4,12H,5H2,1H3,(H2,13,14,15,16). The summed E-state index contributed by atoms with van der Waals surface area (Å²) in [5.41, 5.74) is 0.682. The molecule has 0 radical (unpaired) electrons. The first kappa shape index (κ1) is 10.6. The SMILES string of the molecule is CNCC(=O)Nc1n[nH]c2ccc(F)cc12. The van der Waals surface area contributed by atoms with Gasteiger partial charge in [0, 0.05) is 5.39 Å². The van der Waals surface area contributed by atoms with E-state index in [4.69, 9.17) is 0 Å². The molecule has 3 N–H and O–H groups in total. The Bertz CT molecular complexity index is 523. The molecule has 0 spiro atoms. The van der Waals surface area contributed by atoms with Crippen LogP contribution in [0.5, 0.6) is 0 Å². The summed E-state index contributed by atoms with van der Waals surface area (Å²) < 4.78 is 13.0. The molecule has 16 heavy (non-hydrogen) atoms. The molecule has 1 aromatic heterocycles. The van der Waals surface area contributed by atoms with E-state index in [1.807, 2.05) is 0 Å². The first-order valence-corrected chi connectivity index (χ1v) is 4.79. The molecule has 0 atom stereocenters. The van der Waals surface area contributed by atoms with Gasteiger partial charge in [-0.2, -0.15) is 5.10 Å². The lowest BCUT2D eigenvalue weighted by Crippen LogP contribution is -2.25. The van der Waals surface area contributed by atoms with E-state index < -0.39 is 0 Å². The predicted octanol–water partition coefficient (Wildman–Crippen LogP) is 0.860. The van der Waals surface area contributed by atoms with Crippen LogP contribution < -0.4 is 10.6 Å². The van der Waals surface area contributed by atoms with E-state index in [-0.39, 0.29) is 18.3 Å². The minimum Gasteiger partial charge on any atom is -0.311 e. The number of nitrogens with zero attached hydrogens (tertiary/aromatic N) is 1. The zero-order valence-electron chi connectivity index (χ0n) is 8.67. The van der Waals surface area contributed by atoms with Gasteiger partial charge in [0.05, 0.1) is 12.1 Å². The van der Waals surface area contributed by atoms with Crippen LogP contribution in [0.25, 0.3) is 10.9 Å². The monoisotopic (exact) mass is 222 g/mol. The highest BCUT2D eigenvalue weighted by Gasteiger charge is 2.09. The lowest BCUT2D eigenvalue weighted by Gasteiger charge is -2.01. The third-order valence-electron chi connectivity index (χ3n) is 2.12. The van der Waals surface area contributed by atoms with E-state index in [0.717, 1.165) is 0 Å². The Labute approximate surface area is 91.0 Å². The first-order chi connectivity index (χ1) is 7.70. The van der Waals surface area contributed by atoms with Gasteiger partial charge in [-0.25, -0.2) is 4.39 Å². The Balaban J connectivity index is 2.30. The number of aromatic nitrogens is 2. The van der Waals surface area contributed by atoms with E-state index in [9.17, 15) is 9.18 Å². The van der Waals surface area contributed by atoms with Crippen molar-refractivity contribution in [3.05, 3.63) is 24.0 Å². The summed E-state index contributed by atoms with van der Waals surface area (Å²) in [5, 5.41) is 12.5. The number of likely N-dealkylation sites (N-methyl/N-ethyl adjacent to an activating group) is 1. The second-order valence-electron chi connectivity index (χ2n) is 3.34. The molecule has 0 fully saturated rings. The van der Waals surface area contributed by atoms with Gasteiger partial charge < -0.3 is 10.6 Å². The van der Waals surface area contributed by atoms with Gasteiger partial charge in [-0.1, -0.05) is 0 Å². The Morgan fingerprint density at radius 2 is 2.38 bits per heavy atom. The maximum atomic E-state index is 13.0. The maximum absolute atomic E-state index is 13.0. The van der Waals surface area contributed by atoms with Crippen LogP contribution in [0.1, 0.15) is 0 Å². The largest absolute Gasteiger partial charge is 0.311 e. The molecule has 0 aliphatic carbocycles. The van der Waals surface area contributed by atoms with Gasteiger partial charge >= 0.3 is 0 Å². The minimum atomic E-state index is -0.363. The number of fused-ring (bicyclic) bond motifs is 1. The number of carbonyl (C=O) groups excluding carboxylic acids is 1. The average Bonchev–Trinajstić information content (AvgIpc) is 2.61. The van der Waals surface area contributed by atoms with Gasteiger partial charge in [0.2, 0.25) is 5.91 Å². The number of hydrogen-bond acceptors (Lipinski definition) is 3. The van der Waals surface area contributed by atoms with Gasteiger partial charge in [0.15, 0.2) is 5.82 Å². The molecule has 0 bridgehead atoms. The van der Waals surface area contributed by atoms with Crippen molar-refractivity contribution in [1.82, 2.24) is 15.5 Å². The van der Waals surface area contributed by atoms with Crippen LogP contribution in [0.3, 0.4) is 0 Å². The van der Waals surface area contributed by atoms with Crippen molar-refractivity contribution in [3.63, 3.8) is 0 Å². The van der Waals surface area contributed by atoms with Crippen LogP contribution in [0.15, 0.2) is 18.2 Å². The molecule has 84 valence electrons. The van der Waals surface area contributed by atoms with Crippen LogP contribution in [0.4, 0.5) is 10.2 Å². The van der Waals surface area contributed by atoms with E-state index >= 15 is 0 Å². The maximum Gasteiger partial charge on any atom is 0.239 e. The smallest absolute Gasteiger partial charge is 0.239 e. The van der Waals surface area contributed by atoms with Gasteiger partial charge in [0.1, 0.15) is 5.82 Å². The first-order valence-electron chi connectivity index (χ1n) is 4.79. The highest BCUT2D eigenvalue weighted by molar-refractivity contribution is 6.00. The number of rotatable bonds is 3. The van der Waals surface area contributed by atoms with Gasteiger partial charge in [-0.05, 0) is 25.2 Å². The number of carbonyl (C=O) groups is 1.